The maximum absolute atomic E-state index is 9.42. The molecule has 0 aliphatic heterocycles. The predicted molar refractivity (Wildman–Crippen MR) is 75.2 cm³/mol. The van der Waals surface area contributed by atoms with Gasteiger partial charge in [0.05, 0.1) is 7.11 Å². The van der Waals surface area contributed by atoms with Crippen molar-refractivity contribution in [1.29, 1.82) is 0 Å². The number of furan rings is 1. The number of phenolic OH excluding ortho intramolecular Hbond substituents is 1. The van der Waals surface area contributed by atoms with Crippen LogP contribution in [0.1, 0.15) is 5.76 Å². The van der Waals surface area contributed by atoms with Crippen molar-refractivity contribution < 1.29 is 19.0 Å². The average molecular weight is 270 g/mol. The highest BCUT2D eigenvalue weighted by Crippen LogP contribution is 2.25. The van der Waals surface area contributed by atoms with Gasteiger partial charge in [0.1, 0.15) is 35.2 Å². The number of hydrogen-bond acceptors (Lipinski definition) is 4. The summed E-state index contributed by atoms with van der Waals surface area (Å²) in [4.78, 5) is 0. The van der Waals surface area contributed by atoms with Crippen LogP contribution in [0.4, 0.5) is 0 Å². The highest BCUT2D eigenvalue weighted by Gasteiger charge is 2.05. The summed E-state index contributed by atoms with van der Waals surface area (Å²) >= 11 is 0. The fourth-order valence-corrected chi connectivity index (χ4v) is 2.00. The molecule has 4 nitrogen and oxygen atoms in total. The van der Waals surface area contributed by atoms with Gasteiger partial charge in [-0.15, -0.1) is 0 Å². The molecule has 0 saturated heterocycles. The van der Waals surface area contributed by atoms with Crippen molar-refractivity contribution >= 4 is 11.0 Å². The number of methoxy groups -OCH3 is 1. The van der Waals surface area contributed by atoms with E-state index in [1.807, 2.05) is 30.3 Å². The van der Waals surface area contributed by atoms with Crippen LogP contribution in [-0.2, 0) is 6.61 Å². The number of fused-ring (bicyclic) bond motifs is 1. The molecule has 0 aliphatic rings. The number of hydrogen-bond donors (Lipinski definition) is 1. The normalized spacial score (nSPS) is 10.7. The zero-order chi connectivity index (χ0) is 13.9. The van der Waals surface area contributed by atoms with Gasteiger partial charge in [0, 0.05) is 11.5 Å². The van der Waals surface area contributed by atoms with Gasteiger partial charge in [0.15, 0.2) is 0 Å². The van der Waals surface area contributed by atoms with Crippen LogP contribution < -0.4 is 9.47 Å². The van der Waals surface area contributed by atoms with Gasteiger partial charge in [0.25, 0.3) is 0 Å². The maximum atomic E-state index is 9.42. The highest BCUT2D eigenvalue weighted by molar-refractivity contribution is 5.79. The van der Waals surface area contributed by atoms with Crippen LogP contribution in [0.2, 0.25) is 0 Å². The Morgan fingerprint density at radius 1 is 1.05 bits per heavy atom. The Kier molecular flexibility index (Phi) is 3.21. The van der Waals surface area contributed by atoms with E-state index in [2.05, 4.69) is 0 Å². The molecule has 0 radical (unpaired) electrons. The number of ether oxygens (including phenoxy) is 2. The molecule has 0 bridgehead atoms. The quantitative estimate of drug-likeness (QED) is 0.785. The molecule has 20 heavy (non-hydrogen) atoms. The van der Waals surface area contributed by atoms with Crippen LogP contribution in [-0.4, -0.2) is 12.2 Å². The third-order valence-corrected chi connectivity index (χ3v) is 2.97. The largest absolute Gasteiger partial charge is 0.508 e. The first kappa shape index (κ1) is 12.4. The van der Waals surface area contributed by atoms with Gasteiger partial charge in [-0.2, -0.15) is 0 Å². The number of phenols is 1. The summed E-state index contributed by atoms with van der Waals surface area (Å²) < 4.78 is 16.4. The molecule has 1 aromatic heterocycles. The smallest absolute Gasteiger partial charge is 0.146 e. The van der Waals surface area contributed by atoms with E-state index in [0.29, 0.717) is 18.1 Å². The number of rotatable bonds is 4. The van der Waals surface area contributed by atoms with E-state index in [1.165, 1.54) is 0 Å². The molecular formula is C16H14O4. The zero-order valence-electron chi connectivity index (χ0n) is 11.0. The lowest BCUT2D eigenvalue weighted by atomic mass is 10.2. The third-order valence-electron chi connectivity index (χ3n) is 2.97. The molecule has 2 aromatic carbocycles. The Morgan fingerprint density at radius 3 is 2.75 bits per heavy atom. The van der Waals surface area contributed by atoms with Crippen molar-refractivity contribution in [2.24, 2.45) is 0 Å². The minimum Gasteiger partial charge on any atom is -0.508 e. The molecule has 1 N–H and O–H groups in total. The third kappa shape index (κ3) is 2.54. The predicted octanol–water partition coefficient (Wildman–Crippen LogP) is 3.73. The van der Waals surface area contributed by atoms with E-state index in [4.69, 9.17) is 13.9 Å². The van der Waals surface area contributed by atoms with Crippen molar-refractivity contribution in [2.45, 2.75) is 6.61 Å². The molecule has 0 spiro atoms. The van der Waals surface area contributed by atoms with Crippen LogP contribution in [0.25, 0.3) is 11.0 Å². The van der Waals surface area contributed by atoms with E-state index < -0.39 is 0 Å². The molecule has 3 aromatic rings. The Balaban J connectivity index is 1.76. The summed E-state index contributed by atoms with van der Waals surface area (Å²) in [6, 6.07) is 14.2. The van der Waals surface area contributed by atoms with Crippen LogP contribution in [0.15, 0.2) is 52.9 Å². The van der Waals surface area contributed by atoms with Gasteiger partial charge >= 0.3 is 0 Å². The molecule has 0 saturated carbocycles. The molecule has 0 aliphatic carbocycles. The second-order valence-corrected chi connectivity index (χ2v) is 4.40. The lowest BCUT2D eigenvalue weighted by molar-refractivity contribution is 0.273. The molecule has 0 amide bonds. The standard InChI is InChI=1S/C16H14O4/c1-18-13-3-2-4-14(9-13)19-10-15-8-11-7-12(17)5-6-16(11)20-15/h2-9,17H,10H2,1H3. The SMILES string of the molecule is COc1cccc(OCc2cc3cc(O)ccc3o2)c1. The van der Waals surface area contributed by atoms with Gasteiger partial charge in [-0.05, 0) is 36.4 Å². The average Bonchev–Trinajstić information content (AvgIpc) is 2.87. The fraction of sp³-hybridized carbons (Fsp3) is 0.125. The Morgan fingerprint density at radius 2 is 1.90 bits per heavy atom. The van der Waals surface area contributed by atoms with Crippen molar-refractivity contribution in [1.82, 2.24) is 0 Å². The van der Waals surface area contributed by atoms with Crippen molar-refractivity contribution in [3.05, 3.63) is 54.3 Å². The maximum Gasteiger partial charge on any atom is 0.146 e. The van der Waals surface area contributed by atoms with Gasteiger partial charge in [-0.3, -0.25) is 0 Å². The topological polar surface area (TPSA) is 51.8 Å². The van der Waals surface area contributed by atoms with E-state index >= 15 is 0 Å². The van der Waals surface area contributed by atoms with E-state index in [-0.39, 0.29) is 5.75 Å². The molecule has 1 heterocycles. The van der Waals surface area contributed by atoms with E-state index in [0.717, 1.165) is 16.7 Å². The molecule has 102 valence electrons. The van der Waals surface area contributed by atoms with Crippen LogP contribution in [0, 0.1) is 0 Å². The fourth-order valence-electron chi connectivity index (χ4n) is 2.00. The van der Waals surface area contributed by atoms with Crippen LogP contribution in [0.3, 0.4) is 0 Å². The lowest BCUT2D eigenvalue weighted by Crippen LogP contribution is -1.93. The Hall–Kier alpha value is -2.62. The van der Waals surface area contributed by atoms with Gasteiger partial charge < -0.3 is 19.0 Å². The highest BCUT2D eigenvalue weighted by atomic mass is 16.5. The van der Waals surface area contributed by atoms with Crippen LogP contribution >= 0.6 is 0 Å². The Bertz CT molecular complexity index is 730. The second-order valence-electron chi connectivity index (χ2n) is 4.40. The minimum atomic E-state index is 0.221. The lowest BCUT2D eigenvalue weighted by Gasteiger charge is -2.05. The first-order chi connectivity index (χ1) is 9.74. The molecule has 3 rings (SSSR count). The van der Waals surface area contributed by atoms with Crippen molar-refractivity contribution in [3.8, 4) is 17.2 Å². The zero-order valence-corrected chi connectivity index (χ0v) is 11.0. The van der Waals surface area contributed by atoms with Crippen LogP contribution in [0.5, 0.6) is 17.2 Å². The number of aromatic hydroxyl groups is 1. The van der Waals surface area contributed by atoms with Gasteiger partial charge in [-0.1, -0.05) is 6.07 Å². The summed E-state index contributed by atoms with van der Waals surface area (Å²) in [6.45, 7) is 0.322. The molecule has 0 fully saturated rings. The summed E-state index contributed by atoms with van der Waals surface area (Å²) in [5.41, 5.74) is 0.729. The van der Waals surface area contributed by atoms with Crippen molar-refractivity contribution in [3.63, 3.8) is 0 Å². The monoisotopic (exact) mass is 270 g/mol. The van der Waals surface area contributed by atoms with E-state index in [9.17, 15) is 5.11 Å². The second kappa shape index (κ2) is 5.17. The summed E-state index contributed by atoms with van der Waals surface area (Å²) in [5.74, 6) is 2.39. The first-order valence-corrected chi connectivity index (χ1v) is 6.23. The van der Waals surface area contributed by atoms with Crippen molar-refractivity contribution in [2.75, 3.05) is 7.11 Å². The molecular weight excluding hydrogens is 256 g/mol. The summed E-state index contributed by atoms with van der Waals surface area (Å²) in [7, 11) is 1.62. The molecule has 4 heteroatoms. The van der Waals surface area contributed by atoms with Gasteiger partial charge in [-0.25, -0.2) is 0 Å². The number of benzene rings is 2. The van der Waals surface area contributed by atoms with Gasteiger partial charge in [0.2, 0.25) is 0 Å². The Labute approximate surface area is 116 Å². The molecule has 0 unspecified atom stereocenters. The summed E-state index contributed by atoms with van der Waals surface area (Å²) in [6.07, 6.45) is 0. The first-order valence-electron chi connectivity index (χ1n) is 6.23. The summed E-state index contributed by atoms with van der Waals surface area (Å²) in [5, 5.41) is 10.3. The minimum absolute atomic E-state index is 0.221. The molecule has 0 atom stereocenters. The van der Waals surface area contributed by atoms with E-state index in [1.54, 1.807) is 25.3 Å².